The summed E-state index contributed by atoms with van der Waals surface area (Å²) < 4.78 is 12.9. The topological polar surface area (TPSA) is 46.3 Å². The van der Waals surface area contributed by atoms with Crippen LogP contribution in [0.25, 0.3) is 0 Å². The first-order valence-corrected chi connectivity index (χ1v) is 6.34. The van der Waals surface area contributed by atoms with E-state index in [1.54, 1.807) is 19.2 Å². The Morgan fingerprint density at radius 1 is 1.10 bits per heavy atom. The molecular formula is C16H17FN2O. The molecule has 1 amide bonds. The molecule has 0 aliphatic heterocycles. The molecule has 2 aromatic carbocycles. The number of benzene rings is 2. The zero-order chi connectivity index (χ0) is 14.7. The first-order valence-electron chi connectivity index (χ1n) is 6.34. The Morgan fingerprint density at radius 2 is 1.65 bits per heavy atom. The molecule has 2 aromatic rings. The summed E-state index contributed by atoms with van der Waals surface area (Å²) in [5.41, 5.74) is 8.47. The van der Waals surface area contributed by atoms with Gasteiger partial charge in [-0.3, -0.25) is 4.79 Å². The molecule has 0 aliphatic carbocycles. The summed E-state index contributed by atoms with van der Waals surface area (Å²) in [7, 11) is 1.63. The van der Waals surface area contributed by atoms with Gasteiger partial charge in [0, 0.05) is 12.7 Å². The Bertz CT molecular complexity index is 539. The third-order valence-electron chi connectivity index (χ3n) is 3.25. The summed E-state index contributed by atoms with van der Waals surface area (Å²) in [6.07, 6.45) is 0. The van der Waals surface area contributed by atoms with Crippen LogP contribution in [0.3, 0.4) is 0 Å². The number of rotatable bonds is 3. The van der Waals surface area contributed by atoms with E-state index in [-0.39, 0.29) is 11.7 Å². The van der Waals surface area contributed by atoms with Gasteiger partial charge in [-0.25, -0.2) is 4.39 Å². The minimum Gasteiger partial charge on any atom is -0.316 e. The molecule has 1 atom stereocenters. The molecule has 0 aromatic heterocycles. The van der Waals surface area contributed by atoms with E-state index in [0.29, 0.717) is 5.69 Å². The van der Waals surface area contributed by atoms with Gasteiger partial charge in [-0.2, -0.15) is 0 Å². The smallest absolute Gasteiger partial charge is 0.248 e. The molecule has 2 rings (SSSR count). The normalized spacial score (nSPS) is 12.0. The standard InChI is InChI=1S/C16H17FN2O/c1-11-3-5-12(6-4-11)15(18)16(20)19(2)14-9-7-13(17)8-10-14/h3-10,15H,18H2,1-2H3. The summed E-state index contributed by atoms with van der Waals surface area (Å²) in [5, 5.41) is 0. The summed E-state index contributed by atoms with van der Waals surface area (Å²) in [6.45, 7) is 1.97. The Morgan fingerprint density at radius 3 is 2.20 bits per heavy atom. The van der Waals surface area contributed by atoms with Crippen molar-refractivity contribution >= 4 is 11.6 Å². The first kappa shape index (κ1) is 14.2. The van der Waals surface area contributed by atoms with Crippen LogP contribution in [-0.4, -0.2) is 13.0 Å². The van der Waals surface area contributed by atoms with E-state index in [9.17, 15) is 9.18 Å². The lowest BCUT2D eigenvalue weighted by Crippen LogP contribution is -2.35. The number of nitrogens with two attached hydrogens (primary N) is 1. The number of hydrogen-bond acceptors (Lipinski definition) is 2. The molecule has 0 radical (unpaired) electrons. The number of carbonyl (C=O) groups excluding carboxylic acids is 1. The van der Waals surface area contributed by atoms with Crippen LogP contribution in [0.1, 0.15) is 17.2 Å². The van der Waals surface area contributed by atoms with Crippen molar-refractivity contribution in [3.05, 3.63) is 65.5 Å². The van der Waals surface area contributed by atoms with Crippen molar-refractivity contribution < 1.29 is 9.18 Å². The summed E-state index contributed by atoms with van der Waals surface area (Å²) >= 11 is 0. The first-order chi connectivity index (χ1) is 9.49. The van der Waals surface area contributed by atoms with E-state index in [2.05, 4.69) is 0 Å². The molecule has 0 heterocycles. The lowest BCUT2D eigenvalue weighted by Gasteiger charge is -2.21. The molecule has 2 N–H and O–H groups in total. The van der Waals surface area contributed by atoms with E-state index in [4.69, 9.17) is 5.73 Å². The second kappa shape index (κ2) is 5.84. The zero-order valence-corrected chi connectivity index (χ0v) is 11.5. The largest absolute Gasteiger partial charge is 0.316 e. The Kier molecular flexibility index (Phi) is 4.15. The van der Waals surface area contributed by atoms with Crippen LogP contribution in [-0.2, 0) is 4.79 Å². The molecule has 104 valence electrons. The molecule has 0 spiro atoms. The predicted molar refractivity (Wildman–Crippen MR) is 77.9 cm³/mol. The van der Waals surface area contributed by atoms with Crippen LogP contribution in [0.4, 0.5) is 10.1 Å². The van der Waals surface area contributed by atoms with E-state index in [1.165, 1.54) is 17.0 Å². The van der Waals surface area contributed by atoms with Crippen molar-refractivity contribution in [1.29, 1.82) is 0 Å². The highest BCUT2D eigenvalue weighted by Gasteiger charge is 2.20. The lowest BCUT2D eigenvalue weighted by atomic mass is 10.0. The van der Waals surface area contributed by atoms with E-state index in [1.807, 2.05) is 31.2 Å². The van der Waals surface area contributed by atoms with E-state index < -0.39 is 6.04 Å². The average molecular weight is 272 g/mol. The fraction of sp³-hybridized carbons (Fsp3) is 0.188. The fourth-order valence-electron chi connectivity index (χ4n) is 1.92. The average Bonchev–Trinajstić information content (AvgIpc) is 2.46. The van der Waals surface area contributed by atoms with Gasteiger partial charge in [-0.1, -0.05) is 29.8 Å². The van der Waals surface area contributed by atoms with Gasteiger partial charge >= 0.3 is 0 Å². The SMILES string of the molecule is Cc1ccc(C(N)C(=O)N(C)c2ccc(F)cc2)cc1. The van der Waals surface area contributed by atoms with Gasteiger partial charge in [-0.05, 0) is 36.8 Å². The van der Waals surface area contributed by atoms with Crippen molar-refractivity contribution in [3.8, 4) is 0 Å². The number of carbonyl (C=O) groups is 1. The van der Waals surface area contributed by atoms with Gasteiger partial charge in [0.05, 0.1) is 0 Å². The van der Waals surface area contributed by atoms with Gasteiger partial charge in [0.25, 0.3) is 0 Å². The van der Waals surface area contributed by atoms with Gasteiger partial charge in [0.1, 0.15) is 11.9 Å². The van der Waals surface area contributed by atoms with Gasteiger partial charge in [-0.15, -0.1) is 0 Å². The fourth-order valence-corrected chi connectivity index (χ4v) is 1.92. The van der Waals surface area contributed by atoms with Crippen molar-refractivity contribution in [2.75, 3.05) is 11.9 Å². The van der Waals surface area contributed by atoms with Gasteiger partial charge in [0.15, 0.2) is 0 Å². The number of hydrogen-bond donors (Lipinski definition) is 1. The minimum atomic E-state index is -0.731. The lowest BCUT2D eigenvalue weighted by molar-refractivity contribution is -0.119. The highest BCUT2D eigenvalue weighted by molar-refractivity contribution is 5.97. The summed E-state index contributed by atoms with van der Waals surface area (Å²) in [4.78, 5) is 13.8. The van der Waals surface area contributed by atoms with Crippen molar-refractivity contribution in [1.82, 2.24) is 0 Å². The van der Waals surface area contributed by atoms with E-state index >= 15 is 0 Å². The molecular weight excluding hydrogens is 255 g/mol. The second-order valence-electron chi connectivity index (χ2n) is 4.76. The van der Waals surface area contributed by atoms with Gasteiger partial charge in [0.2, 0.25) is 5.91 Å². The zero-order valence-electron chi connectivity index (χ0n) is 11.5. The number of amides is 1. The monoisotopic (exact) mass is 272 g/mol. The molecule has 0 saturated heterocycles. The molecule has 0 aliphatic rings. The van der Waals surface area contributed by atoms with Crippen molar-refractivity contribution in [3.63, 3.8) is 0 Å². The van der Waals surface area contributed by atoms with Crippen LogP contribution >= 0.6 is 0 Å². The molecule has 20 heavy (non-hydrogen) atoms. The summed E-state index contributed by atoms with van der Waals surface area (Å²) in [6, 6.07) is 12.5. The quantitative estimate of drug-likeness (QED) is 0.934. The van der Waals surface area contributed by atoms with Crippen LogP contribution in [0.2, 0.25) is 0 Å². The van der Waals surface area contributed by atoms with Gasteiger partial charge < -0.3 is 10.6 Å². The highest BCUT2D eigenvalue weighted by Crippen LogP contribution is 2.19. The Balaban J connectivity index is 2.17. The summed E-state index contributed by atoms with van der Waals surface area (Å²) in [5.74, 6) is -0.571. The number of aryl methyl sites for hydroxylation is 1. The van der Waals surface area contributed by atoms with Crippen LogP contribution in [0, 0.1) is 12.7 Å². The molecule has 1 unspecified atom stereocenters. The predicted octanol–water partition coefficient (Wildman–Crippen LogP) is 2.80. The molecule has 0 bridgehead atoms. The molecule has 4 heteroatoms. The highest BCUT2D eigenvalue weighted by atomic mass is 19.1. The van der Waals surface area contributed by atoms with Crippen LogP contribution in [0.5, 0.6) is 0 Å². The molecule has 3 nitrogen and oxygen atoms in total. The third kappa shape index (κ3) is 3.03. The maximum atomic E-state index is 12.9. The van der Waals surface area contributed by atoms with Crippen LogP contribution < -0.4 is 10.6 Å². The number of anilines is 1. The number of halogens is 1. The molecule has 0 fully saturated rings. The Labute approximate surface area is 117 Å². The third-order valence-corrected chi connectivity index (χ3v) is 3.25. The number of likely N-dealkylation sites (N-methyl/N-ethyl adjacent to an activating group) is 1. The van der Waals surface area contributed by atoms with E-state index in [0.717, 1.165) is 11.1 Å². The maximum absolute atomic E-state index is 12.9. The second-order valence-corrected chi connectivity index (χ2v) is 4.76. The number of nitrogens with zero attached hydrogens (tertiary/aromatic N) is 1. The van der Waals surface area contributed by atoms with Crippen molar-refractivity contribution in [2.45, 2.75) is 13.0 Å². The minimum absolute atomic E-state index is 0.236. The van der Waals surface area contributed by atoms with Crippen LogP contribution in [0.15, 0.2) is 48.5 Å². The van der Waals surface area contributed by atoms with Crippen molar-refractivity contribution in [2.24, 2.45) is 5.73 Å². The molecule has 0 saturated carbocycles. The maximum Gasteiger partial charge on any atom is 0.248 e. The Hall–Kier alpha value is -2.20.